The summed E-state index contributed by atoms with van der Waals surface area (Å²) in [5, 5.41) is 2.81. The van der Waals surface area contributed by atoms with Gasteiger partial charge < -0.3 is 5.32 Å². The van der Waals surface area contributed by atoms with Crippen LogP contribution in [-0.2, 0) is 4.79 Å². The van der Waals surface area contributed by atoms with Crippen LogP contribution in [0, 0.1) is 11.8 Å². The predicted molar refractivity (Wildman–Crippen MR) is 53.3 cm³/mol. The Labute approximate surface area is 79.5 Å². The zero-order chi connectivity index (χ0) is 9.30. The number of carbonyl (C=O) groups is 1. The Morgan fingerprint density at radius 1 is 1.58 bits per heavy atom. The molecule has 1 saturated carbocycles. The van der Waals surface area contributed by atoms with Gasteiger partial charge in [-0.25, -0.2) is 0 Å². The summed E-state index contributed by atoms with van der Waals surface area (Å²) in [5.41, 5.74) is 0. The highest BCUT2D eigenvalue weighted by atomic mass is 32.1. The average molecular weight is 187 g/mol. The van der Waals surface area contributed by atoms with E-state index in [1.165, 1.54) is 0 Å². The van der Waals surface area contributed by atoms with Crippen LogP contribution >= 0.6 is 12.6 Å². The van der Waals surface area contributed by atoms with Gasteiger partial charge in [0.2, 0.25) is 5.91 Å². The van der Waals surface area contributed by atoms with Crippen molar-refractivity contribution in [3.05, 3.63) is 0 Å². The number of carbonyl (C=O) groups excluding carboxylic acids is 1. The number of hydrogen-bond acceptors (Lipinski definition) is 2. The molecule has 3 heteroatoms. The molecule has 0 saturated heterocycles. The summed E-state index contributed by atoms with van der Waals surface area (Å²) in [7, 11) is 0. The van der Waals surface area contributed by atoms with E-state index >= 15 is 0 Å². The minimum absolute atomic E-state index is 0.0858. The van der Waals surface area contributed by atoms with Gasteiger partial charge in [0.1, 0.15) is 0 Å². The van der Waals surface area contributed by atoms with Crippen LogP contribution in [-0.4, -0.2) is 17.2 Å². The molecule has 1 rings (SSSR count). The van der Waals surface area contributed by atoms with Gasteiger partial charge in [0, 0.05) is 6.04 Å². The largest absolute Gasteiger partial charge is 0.352 e. The molecule has 0 spiro atoms. The molecule has 3 atom stereocenters. The summed E-state index contributed by atoms with van der Waals surface area (Å²) in [4.78, 5) is 11.4. The number of nitrogens with one attached hydrogen (secondary N) is 1. The molecule has 2 nitrogen and oxygen atoms in total. The van der Waals surface area contributed by atoms with E-state index in [4.69, 9.17) is 0 Å². The Bertz CT molecular complexity index is 181. The van der Waals surface area contributed by atoms with Gasteiger partial charge >= 0.3 is 0 Å². The summed E-state index contributed by atoms with van der Waals surface area (Å²) in [5.74, 6) is 1.06. The van der Waals surface area contributed by atoms with Crippen molar-refractivity contribution >= 4 is 18.5 Å². The molecule has 0 aromatic carbocycles. The van der Waals surface area contributed by atoms with Crippen molar-refractivity contribution < 1.29 is 4.79 Å². The molecule has 0 bridgehead atoms. The minimum atomic E-state index is -0.155. The molecule has 1 amide bonds. The van der Waals surface area contributed by atoms with Gasteiger partial charge in [0.25, 0.3) is 0 Å². The lowest BCUT2D eigenvalue weighted by atomic mass is 10.1. The lowest BCUT2D eigenvalue weighted by Gasteiger charge is -2.14. The zero-order valence-electron chi connectivity index (χ0n) is 7.87. The van der Waals surface area contributed by atoms with E-state index in [2.05, 4.69) is 24.9 Å². The first-order valence-electron chi connectivity index (χ1n) is 4.50. The third kappa shape index (κ3) is 2.41. The molecule has 1 N–H and O–H groups in total. The molecule has 12 heavy (non-hydrogen) atoms. The van der Waals surface area contributed by atoms with Gasteiger partial charge in [-0.1, -0.05) is 20.8 Å². The first kappa shape index (κ1) is 9.90. The molecule has 3 unspecified atom stereocenters. The fraction of sp³-hybridized carbons (Fsp3) is 0.889. The maximum atomic E-state index is 11.4. The van der Waals surface area contributed by atoms with Gasteiger partial charge in [0.05, 0.1) is 5.25 Å². The first-order chi connectivity index (χ1) is 5.52. The molecule has 1 fully saturated rings. The van der Waals surface area contributed by atoms with Crippen LogP contribution in [0.4, 0.5) is 0 Å². The fourth-order valence-electron chi connectivity index (χ4n) is 1.09. The summed E-state index contributed by atoms with van der Waals surface area (Å²) in [6.07, 6.45) is 1.13. The molecule has 1 aliphatic carbocycles. The molecule has 0 aliphatic heterocycles. The van der Waals surface area contributed by atoms with E-state index in [9.17, 15) is 4.79 Å². The standard InChI is InChI=1S/C9H17NOS/c1-5(2)8(12)9(11)10-7-4-6(7)3/h5-8,12H,4H2,1-3H3,(H,10,11). The van der Waals surface area contributed by atoms with E-state index in [1.807, 2.05) is 13.8 Å². The van der Waals surface area contributed by atoms with Crippen molar-refractivity contribution in [3.63, 3.8) is 0 Å². The normalized spacial score (nSPS) is 30.1. The second kappa shape index (κ2) is 3.69. The van der Waals surface area contributed by atoms with Crippen molar-refractivity contribution in [1.82, 2.24) is 5.32 Å². The van der Waals surface area contributed by atoms with Crippen molar-refractivity contribution in [2.45, 2.75) is 38.5 Å². The predicted octanol–water partition coefficient (Wildman–Crippen LogP) is 1.47. The lowest BCUT2D eigenvalue weighted by Crippen LogP contribution is -2.36. The highest BCUT2D eigenvalue weighted by Gasteiger charge is 2.35. The fourth-order valence-corrected chi connectivity index (χ4v) is 1.17. The molecular formula is C9H17NOS. The second-order valence-corrected chi connectivity index (χ2v) is 4.57. The quantitative estimate of drug-likeness (QED) is 0.644. The van der Waals surface area contributed by atoms with E-state index < -0.39 is 0 Å². The minimum Gasteiger partial charge on any atom is -0.352 e. The molecule has 0 heterocycles. The zero-order valence-corrected chi connectivity index (χ0v) is 8.77. The highest BCUT2D eigenvalue weighted by molar-refractivity contribution is 7.81. The Morgan fingerprint density at radius 2 is 2.08 bits per heavy atom. The SMILES string of the molecule is CC(C)C(S)C(=O)NC1CC1C. The monoisotopic (exact) mass is 187 g/mol. The van der Waals surface area contributed by atoms with E-state index in [0.717, 1.165) is 6.42 Å². The van der Waals surface area contributed by atoms with E-state index in [-0.39, 0.29) is 11.2 Å². The van der Waals surface area contributed by atoms with Crippen molar-refractivity contribution in [3.8, 4) is 0 Å². The van der Waals surface area contributed by atoms with Crippen LogP contribution in [0.1, 0.15) is 27.2 Å². The number of amides is 1. The summed E-state index contributed by atoms with van der Waals surface area (Å²) in [6.45, 7) is 6.16. The van der Waals surface area contributed by atoms with Crippen molar-refractivity contribution in [2.24, 2.45) is 11.8 Å². The Morgan fingerprint density at radius 3 is 2.42 bits per heavy atom. The summed E-state index contributed by atoms with van der Waals surface area (Å²) >= 11 is 4.24. The van der Waals surface area contributed by atoms with Gasteiger partial charge in [0.15, 0.2) is 0 Å². The number of thiol groups is 1. The molecule has 0 aromatic rings. The second-order valence-electron chi connectivity index (χ2n) is 4.02. The van der Waals surface area contributed by atoms with Crippen LogP contribution in [0.15, 0.2) is 0 Å². The number of rotatable bonds is 3. The van der Waals surface area contributed by atoms with Gasteiger partial charge in [-0.05, 0) is 18.3 Å². The Kier molecular flexibility index (Phi) is 3.04. The number of hydrogen-bond donors (Lipinski definition) is 2. The van der Waals surface area contributed by atoms with Crippen LogP contribution < -0.4 is 5.32 Å². The van der Waals surface area contributed by atoms with Crippen LogP contribution in [0.25, 0.3) is 0 Å². The van der Waals surface area contributed by atoms with E-state index in [1.54, 1.807) is 0 Å². The Hall–Kier alpha value is -0.180. The smallest absolute Gasteiger partial charge is 0.233 e. The summed E-state index contributed by atoms with van der Waals surface area (Å²) in [6, 6.07) is 0.422. The van der Waals surface area contributed by atoms with Gasteiger partial charge in [-0.15, -0.1) is 0 Å². The molecule has 0 aromatic heterocycles. The molecule has 0 radical (unpaired) electrons. The van der Waals surface area contributed by atoms with Gasteiger partial charge in [-0.2, -0.15) is 12.6 Å². The maximum absolute atomic E-state index is 11.4. The first-order valence-corrected chi connectivity index (χ1v) is 5.02. The lowest BCUT2D eigenvalue weighted by molar-refractivity contribution is -0.121. The Balaban J connectivity index is 2.28. The molecular weight excluding hydrogens is 170 g/mol. The molecule has 70 valence electrons. The maximum Gasteiger partial charge on any atom is 0.233 e. The highest BCUT2D eigenvalue weighted by Crippen LogP contribution is 2.29. The van der Waals surface area contributed by atoms with Crippen LogP contribution in [0.5, 0.6) is 0 Å². The topological polar surface area (TPSA) is 29.1 Å². The summed E-state index contributed by atoms with van der Waals surface area (Å²) < 4.78 is 0. The van der Waals surface area contributed by atoms with Gasteiger partial charge in [-0.3, -0.25) is 4.79 Å². The van der Waals surface area contributed by atoms with Crippen molar-refractivity contribution in [1.29, 1.82) is 0 Å². The van der Waals surface area contributed by atoms with Crippen LogP contribution in [0.3, 0.4) is 0 Å². The average Bonchev–Trinajstić information content (AvgIpc) is 2.64. The third-order valence-electron chi connectivity index (χ3n) is 2.34. The molecule has 1 aliphatic rings. The van der Waals surface area contributed by atoms with E-state index in [0.29, 0.717) is 17.9 Å². The van der Waals surface area contributed by atoms with Crippen LogP contribution in [0.2, 0.25) is 0 Å². The third-order valence-corrected chi connectivity index (χ3v) is 3.17. The van der Waals surface area contributed by atoms with Crippen molar-refractivity contribution in [2.75, 3.05) is 0 Å².